The van der Waals surface area contributed by atoms with Crippen molar-refractivity contribution in [3.63, 3.8) is 0 Å². The van der Waals surface area contributed by atoms with Gasteiger partial charge in [-0.05, 0) is 25.1 Å². The highest BCUT2D eigenvalue weighted by molar-refractivity contribution is 5.86. The molecule has 0 fully saturated rings. The Kier molecular flexibility index (Phi) is 4.71. The van der Waals surface area contributed by atoms with Gasteiger partial charge in [0.1, 0.15) is 12.4 Å². The van der Waals surface area contributed by atoms with Crippen LogP contribution in [0.2, 0.25) is 0 Å². The third-order valence-electron chi connectivity index (χ3n) is 2.93. The fraction of sp³-hybridized carbons (Fsp3) is 0.267. The fourth-order valence-corrected chi connectivity index (χ4v) is 2.01. The van der Waals surface area contributed by atoms with Crippen molar-refractivity contribution in [2.75, 3.05) is 6.61 Å². The Bertz CT molecular complexity index is 676. The van der Waals surface area contributed by atoms with Gasteiger partial charge in [0, 0.05) is 0 Å². The minimum Gasteiger partial charge on any atom is -0.465 e. The van der Waals surface area contributed by atoms with Gasteiger partial charge >= 0.3 is 5.97 Å². The lowest BCUT2D eigenvalue weighted by atomic mass is 10.3. The van der Waals surface area contributed by atoms with Crippen molar-refractivity contribution in [3.8, 4) is 0 Å². The molecule has 1 N–H and O–H groups in total. The average molecular weight is 287 g/mol. The maximum Gasteiger partial charge on any atom is 0.326 e. The first-order valence-corrected chi connectivity index (χ1v) is 6.65. The van der Waals surface area contributed by atoms with Crippen LogP contribution in [0.4, 0.5) is 0 Å². The lowest BCUT2D eigenvalue weighted by Crippen LogP contribution is -2.24. The zero-order valence-corrected chi connectivity index (χ0v) is 11.8. The number of rotatable bonds is 6. The predicted molar refractivity (Wildman–Crippen MR) is 78.4 cm³/mol. The molecule has 1 amide bonds. The Morgan fingerprint density at radius 2 is 2.19 bits per heavy atom. The third-order valence-corrected chi connectivity index (χ3v) is 2.93. The first-order chi connectivity index (χ1) is 10.2. The van der Waals surface area contributed by atoms with Gasteiger partial charge in [0.25, 0.3) is 0 Å². The van der Waals surface area contributed by atoms with Crippen LogP contribution in [-0.2, 0) is 27.4 Å². The van der Waals surface area contributed by atoms with Crippen LogP contribution < -0.4 is 5.32 Å². The molecule has 0 aliphatic carbocycles. The topological polar surface area (TPSA) is 73.2 Å². The van der Waals surface area contributed by atoms with Crippen LogP contribution in [0.5, 0.6) is 0 Å². The molecule has 0 aliphatic rings. The molecule has 2 aromatic rings. The van der Waals surface area contributed by atoms with Crippen LogP contribution in [-0.4, -0.2) is 28.0 Å². The van der Waals surface area contributed by atoms with E-state index in [1.807, 2.05) is 24.3 Å². The van der Waals surface area contributed by atoms with E-state index in [-0.39, 0.29) is 25.0 Å². The molecule has 110 valence electrons. The van der Waals surface area contributed by atoms with E-state index in [0.29, 0.717) is 12.4 Å². The number of ether oxygens (including phenoxy) is 1. The summed E-state index contributed by atoms with van der Waals surface area (Å²) in [5.74, 6) is -0.0267. The van der Waals surface area contributed by atoms with Crippen molar-refractivity contribution in [1.82, 2.24) is 14.9 Å². The van der Waals surface area contributed by atoms with E-state index >= 15 is 0 Å². The molecule has 6 heteroatoms. The highest BCUT2D eigenvalue weighted by Crippen LogP contribution is 2.16. The standard InChI is InChI=1S/C15H17N3O3/c1-3-14(19)16-9-13-17-11-7-5-6-8-12(11)18(13)10-15(20)21-4-2/h3,5-8H,1,4,9-10H2,2H3,(H,16,19). The maximum absolute atomic E-state index is 11.7. The van der Waals surface area contributed by atoms with Gasteiger partial charge < -0.3 is 14.6 Å². The summed E-state index contributed by atoms with van der Waals surface area (Å²) in [7, 11) is 0. The second-order valence-corrected chi connectivity index (χ2v) is 4.33. The number of para-hydroxylation sites is 2. The predicted octanol–water partition coefficient (Wildman–Crippen LogP) is 1.40. The highest BCUT2D eigenvalue weighted by Gasteiger charge is 2.14. The summed E-state index contributed by atoms with van der Waals surface area (Å²) in [5, 5.41) is 2.66. The number of imidazole rings is 1. The normalized spacial score (nSPS) is 10.3. The third kappa shape index (κ3) is 3.47. The number of amides is 1. The summed E-state index contributed by atoms with van der Waals surface area (Å²) in [6, 6.07) is 7.48. The Morgan fingerprint density at radius 1 is 1.43 bits per heavy atom. The van der Waals surface area contributed by atoms with Crippen molar-refractivity contribution in [2.24, 2.45) is 0 Å². The van der Waals surface area contributed by atoms with Crippen molar-refractivity contribution in [2.45, 2.75) is 20.0 Å². The Balaban J connectivity index is 2.31. The summed E-state index contributed by atoms with van der Waals surface area (Å²) < 4.78 is 6.72. The zero-order chi connectivity index (χ0) is 15.2. The molecule has 0 saturated heterocycles. The fourth-order valence-electron chi connectivity index (χ4n) is 2.01. The molecule has 0 aliphatic heterocycles. The number of hydrogen-bond acceptors (Lipinski definition) is 4. The Labute approximate surface area is 122 Å². The molecule has 0 unspecified atom stereocenters. The van der Waals surface area contributed by atoms with Gasteiger partial charge in [-0.25, -0.2) is 4.98 Å². The molecule has 1 aromatic carbocycles. The molecule has 21 heavy (non-hydrogen) atoms. The molecule has 0 atom stereocenters. The summed E-state index contributed by atoms with van der Waals surface area (Å²) >= 11 is 0. The number of esters is 1. The van der Waals surface area contributed by atoms with Crippen molar-refractivity contribution in [3.05, 3.63) is 42.7 Å². The summed E-state index contributed by atoms with van der Waals surface area (Å²) in [4.78, 5) is 27.4. The molecule has 0 saturated carbocycles. The monoisotopic (exact) mass is 287 g/mol. The number of aromatic nitrogens is 2. The molecule has 2 rings (SSSR count). The van der Waals surface area contributed by atoms with Gasteiger partial charge in [-0.2, -0.15) is 0 Å². The SMILES string of the molecule is C=CC(=O)NCc1nc2ccccc2n1CC(=O)OCC. The summed E-state index contributed by atoms with van der Waals surface area (Å²) in [6.07, 6.45) is 1.19. The largest absolute Gasteiger partial charge is 0.465 e. The van der Waals surface area contributed by atoms with Crippen LogP contribution in [0.3, 0.4) is 0 Å². The van der Waals surface area contributed by atoms with E-state index in [1.165, 1.54) is 6.08 Å². The Morgan fingerprint density at radius 3 is 2.90 bits per heavy atom. The number of fused-ring (bicyclic) bond motifs is 1. The summed E-state index contributed by atoms with van der Waals surface area (Å²) in [6.45, 7) is 5.77. The molecule has 0 radical (unpaired) electrons. The van der Waals surface area contributed by atoms with Crippen molar-refractivity contribution in [1.29, 1.82) is 0 Å². The molecule has 1 aromatic heterocycles. The Hall–Kier alpha value is -2.63. The maximum atomic E-state index is 11.7. The van der Waals surface area contributed by atoms with Crippen LogP contribution in [0.25, 0.3) is 11.0 Å². The van der Waals surface area contributed by atoms with Gasteiger partial charge in [-0.1, -0.05) is 18.7 Å². The van der Waals surface area contributed by atoms with Crippen LogP contribution >= 0.6 is 0 Å². The smallest absolute Gasteiger partial charge is 0.326 e. The van der Waals surface area contributed by atoms with Crippen LogP contribution in [0.15, 0.2) is 36.9 Å². The number of carbonyl (C=O) groups is 2. The van der Waals surface area contributed by atoms with Crippen molar-refractivity contribution < 1.29 is 14.3 Å². The highest BCUT2D eigenvalue weighted by atomic mass is 16.5. The number of hydrogen-bond donors (Lipinski definition) is 1. The van der Waals surface area contributed by atoms with Gasteiger partial charge in [0.2, 0.25) is 5.91 Å². The summed E-state index contributed by atoms with van der Waals surface area (Å²) in [5.41, 5.74) is 1.60. The van der Waals surface area contributed by atoms with E-state index < -0.39 is 0 Å². The van der Waals surface area contributed by atoms with E-state index in [0.717, 1.165) is 11.0 Å². The van der Waals surface area contributed by atoms with Gasteiger partial charge in [-0.15, -0.1) is 0 Å². The molecular formula is C15H17N3O3. The lowest BCUT2D eigenvalue weighted by molar-refractivity contribution is -0.143. The van der Waals surface area contributed by atoms with E-state index in [9.17, 15) is 9.59 Å². The second kappa shape index (κ2) is 6.69. The van der Waals surface area contributed by atoms with Crippen LogP contribution in [0, 0.1) is 0 Å². The lowest BCUT2D eigenvalue weighted by Gasteiger charge is -2.09. The van der Waals surface area contributed by atoms with Gasteiger partial charge in [0.15, 0.2) is 0 Å². The zero-order valence-electron chi connectivity index (χ0n) is 11.8. The first kappa shape index (κ1) is 14.8. The second-order valence-electron chi connectivity index (χ2n) is 4.33. The molecule has 0 spiro atoms. The molecule has 1 heterocycles. The first-order valence-electron chi connectivity index (χ1n) is 6.65. The van der Waals surface area contributed by atoms with E-state index in [1.54, 1.807) is 11.5 Å². The number of nitrogens with zero attached hydrogens (tertiary/aromatic N) is 2. The number of benzene rings is 1. The minimum absolute atomic E-state index is 0.0631. The average Bonchev–Trinajstić information content (AvgIpc) is 2.83. The number of carbonyl (C=O) groups excluding carboxylic acids is 2. The molecule has 6 nitrogen and oxygen atoms in total. The van der Waals surface area contributed by atoms with E-state index in [4.69, 9.17) is 4.74 Å². The van der Waals surface area contributed by atoms with Gasteiger partial charge in [-0.3, -0.25) is 9.59 Å². The number of nitrogens with one attached hydrogen (secondary N) is 1. The molecule has 0 bridgehead atoms. The van der Waals surface area contributed by atoms with Gasteiger partial charge in [0.05, 0.1) is 24.2 Å². The van der Waals surface area contributed by atoms with E-state index in [2.05, 4.69) is 16.9 Å². The quantitative estimate of drug-likeness (QED) is 0.644. The molecular weight excluding hydrogens is 270 g/mol. The van der Waals surface area contributed by atoms with Crippen molar-refractivity contribution >= 4 is 22.9 Å². The minimum atomic E-state index is -0.336. The van der Waals surface area contributed by atoms with Crippen LogP contribution in [0.1, 0.15) is 12.7 Å².